The monoisotopic (exact) mass is 470 g/mol. The number of hydrogen-bond acceptors (Lipinski definition) is 3. The third kappa shape index (κ3) is 5.14. The van der Waals surface area contributed by atoms with Crippen LogP contribution in [0.1, 0.15) is 35.2 Å². The Bertz CT molecular complexity index is 1230. The van der Waals surface area contributed by atoms with Crippen LogP contribution in [0.3, 0.4) is 0 Å². The Labute approximate surface area is 195 Å². The highest BCUT2D eigenvalue weighted by Gasteiger charge is 2.29. The first-order valence-corrected chi connectivity index (χ1v) is 12.1. The Hall–Kier alpha value is -2.83. The van der Waals surface area contributed by atoms with Gasteiger partial charge in [0.05, 0.1) is 16.6 Å². The maximum atomic E-state index is 13.5. The highest BCUT2D eigenvalue weighted by molar-refractivity contribution is 7.92. The first kappa shape index (κ1) is 23.8. The van der Waals surface area contributed by atoms with E-state index in [1.807, 2.05) is 32.9 Å². The Morgan fingerprint density at radius 1 is 1.00 bits per heavy atom. The van der Waals surface area contributed by atoms with E-state index in [0.29, 0.717) is 16.3 Å². The summed E-state index contributed by atoms with van der Waals surface area (Å²) in [6.07, 6.45) is 0. The number of carbonyl (C=O) groups excluding carboxylic acids is 1. The summed E-state index contributed by atoms with van der Waals surface area (Å²) in [7, 11) is -3.99. The van der Waals surface area contributed by atoms with Crippen LogP contribution in [0.25, 0.3) is 0 Å². The topological polar surface area (TPSA) is 66.5 Å². The van der Waals surface area contributed by atoms with Crippen LogP contribution in [0.15, 0.2) is 71.6 Å². The van der Waals surface area contributed by atoms with Gasteiger partial charge in [0, 0.05) is 5.02 Å². The van der Waals surface area contributed by atoms with Gasteiger partial charge < -0.3 is 5.32 Å². The molecular formula is C25H27ClN2O3S. The number of sulfonamides is 1. The number of rotatable bonds is 7. The van der Waals surface area contributed by atoms with Crippen LogP contribution < -0.4 is 9.62 Å². The summed E-state index contributed by atoms with van der Waals surface area (Å²) in [6, 6.07) is 18.8. The molecule has 0 aliphatic carbocycles. The van der Waals surface area contributed by atoms with E-state index in [0.717, 1.165) is 21.0 Å². The smallest absolute Gasteiger partial charge is 0.264 e. The van der Waals surface area contributed by atoms with Gasteiger partial charge in [-0.25, -0.2) is 8.42 Å². The second-order valence-electron chi connectivity index (χ2n) is 7.86. The molecule has 168 valence electrons. The molecule has 0 aromatic heterocycles. The number of anilines is 1. The van der Waals surface area contributed by atoms with Crippen molar-refractivity contribution in [1.82, 2.24) is 5.32 Å². The molecule has 1 amide bonds. The summed E-state index contributed by atoms with van der Waals surface area (Å²) < 4.78 is 28.1. The standard InChI is InChI=1S/C25H27ClN2O3S/c1-17-13-14-22(18(2)15-17)20(4)27-25(29)16-28(24-12-8-11-23(26)19(24)3)32(30,31)21-9-6-5-7-10-21/h5-15,20H,16H2,1-4H3,(H,27,29). The molecule has 1 N–H and O–H groups in total. The molecule has 0 saturated heterocycles. The number of halogens is 1. The minimum atomic E-state index is -3.99. The molecule has 3 rings (SSSR count). The van der Waals surface area contributed by atoms with Gasteiger partial charge >= 0.3 is 0 Å². The van der Waals surface area contributed by atoms with Crippen molar-refractivity contribution in [3.8, 4) is 0 Å². The molecule has 1 unspecified atom stereocenters. The van der Waals surface area contributed by atoms with E-state index < -0.39 is 15.9 Å². The molecule has 0 radical (unpaired) electrons. The van der Waals surface area contributed by atoms with Crippen molar-refractivity contribution < 1.29 is 13.2 Å². The van der Waals surface area contributed by atoms with Crippen molar-refractivity contribution in [3.63, 3.8) is 0 Å². The average Bonchev–Trinajstić information content (AvgIpc) is 2.74. The van der Waals surface area contributed by atoms with E-state index in [9.17, 15) is 13.2 Å². The fourth-order valence-corrected chi connectivity index (χ4v) is 5.36. The van der Waals surface area contributed by atoms with Crippen molar-refractivity contribution >= 4 is 33.2 Å². The van der Waals surface area contributed by atoms with Crippen LogP contribution in [0.4, 0.5) is 5.69 Å². The summed E-state index contributed by atoms with van der Waals surface area (Å²) in [5.74, 6) is -0.406. The molecule has 0 heterocycles. The van der Waals surface area contributed by atoms with Crippen molar-refractivity contribution in [2.24, 2.45) is 0 Å². The van der Waals surface area contributed by atoms with E-state index in [-0.39, 0.29) is 17.5 Å². The zero-order chi connectivity index (χ0) is 23.5. The van der Waals surface area contributed by atoms with Crippen LogP contribution >= 0.6 is 11.6 Å². The first-order chi connectivity index (χ1) is 15.1. The summed E-state index contributed by atoms with van der Waals surface area (Å²) in [4.78, 5) is 13.1. The van der Waals surface area contributed by atoms with Crippen molar-refractivity contribution in [1.29, 1.82) is 0 Å². The normalized spacial score (nSPS) is 12.3. The number of benzene rings is 3. The number of aryl methyl sites for hydroxylation is 2. The van der Waals surface area contributed by atoms with Crippen LogP contribution in [0.2, 0.25) is 5.02 Å². The molecule has 0 spiro atoms. The van der Waals surface area contributed by atoms with Crippen LogP contribution in [-0.2, 0) is 14.8 Å². The quantitative estimate of drug-likeness (QED) is 0.507. The average molecular weight is 471 g/mol. The molecule has 0 saturated carbocycles. The number of carbonyl (C=O) groups is 1. The predicted octanol–water partition coefficient (Wildman–Crippen LogP) is 5.34. The van der Waals surface area contributed by atoms with Gasteiger partial charge in [0.25, 0.3) is 10.0 Å². The van der Waals surface area contributed by atoms with Gasteiger partial charge in [-0.05, 0) is 68.7 Å². The molecule has 0 aliphatic heterocycles. The Balaban J connectivity index is 1.94. The van der Waals surface area contributed by atoms with Gasteiger partial charge in [0.2, 0.25) is 5.91 Å². The highest BCUT2D eigenvalue weighted by atomic mass is 35.5. The summed E-state index contributed by atoms with van der Waals surface area (Å²) in [5, 5.41) is 3.37. The zero-order valence-corrected chi connectivity index (χ0v) is 20.2. The Kier molecular flexibility index (Phi) is 7.26. The third-order valence-corrected chi connectivity index (χ3v) is 7.58. The zero-order valence-electron chi connectivity index (χ0n) is 18.6. The largest absolute Gasteiger partial charge is 0.348 e. The van der Waals surface area contributed by atoms with Crippen molar-refractivity contribution in [2.45, 2.75) is 38.6 Å². The van der Waals surface area contributed by atoms with Gasteiger partial charge in [-0.1, -0.05) is 59.6 Å². The predicted molar refractivity (Wildman–Crippen MR) is 130 cm³/mol. The first-order valence-electron chi connectivity index (χ1n) is 10.3. The van der Waals surface area contributed by atoms with Gasteiger partial charge in [-0.15, -0.1) is 0 Å². The molecular weight excluding hydrogens is 444 g/mol. The summed E-state index contributed by atoms with van der Waals surface area (Å²) in [5.41, 5.74) is 4.15. The molecule has 3 aromatic carbocycles. The molecule has 1 atom stereocenters. The third-order valence-electron chi connectivity index (χ3n) is 5.40. The Morgan fingerprint density at radius 3 is 2.34 bits per heavy atom. The molecule has 5 nitrogen and oxygen atoms in total. The lowest BCUT2D eigenvalue weighted by molar-refractivity contribution is -0.120. The van der Waals surface area contributed by atoms with Crippen molar-refractivity contribution in [3.05, 3.63) is 94.0 Å². The minimum Gasteiger partial charge on any atom is -0.348 e. The van der Waals surface area contributed by atoms with Gasteiger partial charge in [-0.2, -0.15) is 0 Å². The van der Waals surface area contributed by atoms with Crippen molar-refractivity contribution in [2.75, 3.05) is 10.8 Å². The molecule has 0 fully saturated rings. The number of nitrogens with one attached hydrogen (secondary N) is 1. The van der Waals surface area contributed by atoms with Gasteiger partial charge in [-0.3, -0.25) is 9.10 Å². The maximum absolute atomic E-state index is 13.5. The number of hydrogen-bond donors (Lipinski definition) is 1. The van der Waals surface area contributed by atoms with Crippen LogP contribution in [0.5, 0.6) is 0 Å². The van der Waals surface area contributed by atoms with Crippen LogP contribution in [0, 0.1) is 20.8 Å². The van der Waals surface area contributed by atoms with Gasteiger partial charge in [0.15, 0.2) is 0 Å². The molecule has 7 heteroatoms. The van der Waals surface area contributed by atoms with Crippen LogP contribution in [-0.4, -0.2) is 20.9 Å². The second-order valence-corrected chi connectivity index (χ2v) is 10.1. The molecule has 0 bridgehead atoms. The molecule has 3 aromatic rings. The SMILES string of the molecule is Cc1ccc(C(C)NC(=O)CN(c2cccc(Cl)c2C)S(=O)(=O)c2ccccc2)c(C)c1. The van der Waals surface area contributed by atoms with E-state index in [1.165, 1.54) is 12.1 Å². The van der Waals surface area contributed by atoms with E-state index in [2.05, 4.69) is 11.4 Å². The molecule has 32 heavy (non-hydrogen) atoms. The second kappa shape index (κ2) is 9.76. The fourth-order valence-electron chi connectivity index (χ4n) is 3.69. The van der Waals surface area contributed by atoms with E-state index in [4.69, 9.17) is 11.6 Å². The number of amides is 1. The summed E-state index contributed by atoms with van der Waals surface area (Å²) >= 11 is 6.26. The molecule has 0 aliphatic rings. The fraction of sp³-hybridized carbons (Fsp3) is 0.240. The number of nitrogens with zero attached hydrogens (tertiary/aromatic N) is 1. The summed E-state index contributed by atoms with van der Waals surface area (Å²) in [6.45, 7) is 7.26. The maximum Gasteiger partial charge on any atom is 0.264 e. The Morgan fingerprint density at radius 2 is 1.69 bits per heavy atom. The van der Waals surface area contributed by atoms with E-state index >= 15 is 0 Å². The minimum absolute atomic E-state index is 0.106. The lowest BCUT2D eigenvalue weighted by Gasteiger charge is -2.27. The van der Waals surface area contributed by atoms with E-state index in [1.54, 1.807) is 43.3 Å². The van der Waals surface area contributed by atoms with Gasteiger partial charge in [0.1, 0.15) is 6.54 Å². The lowest BCUT2D eigenvalue weighted by atomic mass is 10.0. The lowest BCUT2D eigenvalue weighted by Crippen LogP contribution is -2.42. The highest BCUT2D eigenvalue weighted by Crippen LogP contribution is 2.31.